The minimum atomic E-state index is -0.0992. The molecule has 0 atom stereocenters. The van der Waals surface area contributed by atoms with Crippen molar-refractivity contribution in [1.29, 1.82) is 0 Å². The van der Waals surface area contributed by atoms with Gasteiger partial charge in [-0.05, 0) is 87.0 Å². The molecule has 11 rings (SSSR count). The number of hydrogen-bond donors (Lipinski definition) is 0. The predicted octanol–water partition coefficient (Wildman–Crippen LogP) is 12.6. The molecule has 0 amide bonds. The molecule has 9 aromatic rings. The van der Waals surface area contributed by atoms with E-state index in [2.05, 4.69) is 158 Å². The van der Waals surface area contributed by atoms with Crippen molar-refractivity contribution in [3.63, 3.8) is 0 Å². The Labute approximate surface area is 308 Å². The van der Waals surface area contributed by atoms with Crippen molar-refractivity contribution in [2.45, 2.75) is 25.7 Å². The van der Waals surface area contributed by atoms with Gasteiger partial charge in [-0.15, -0.1) is 0 Å². The fourth-order valence-corrected chi connectivity index (χ4v) is 9.24. The summed E-state index contributed by atoms with van der Waals surface area (Å²) in [6, 6.07) is 54.5. The van der Waals surface area contributed by atoms with Crippen molar-refractivity contribution in [3.05, 3.63) is 180 Å². The molecule has 0 spiro atoms. The van der Waals surface area contributed by atoms with Gasteiger partial charge < -0.3 is 4.57 Å². The van der Waals surface area contributed by atoms with Crippen LogP contribution in [0.3, 0.4) is 0 Å². The van der Waals surface area contributed by atoms with Gasteiger partial charge in [-0.2, -0.15) is 0 Å². The molecule has 2 heterocycles. The molecule has 0 saturated heterocycles. The zero-order chi connectivity index (χ0) is 35.3. The first-order valence-electron chi connectivity index (χ1n) is 18.5. The zero-order valence-electron chi connectivity index (χ0n) is 29.6. The molecule has 53 heavy (non-hydrogen) atoms. The quantitative estimate of drug-likeness (QED) is 0.186. The molecule has 0 radical (unpaired) electrons. The number of allylic oxidation sites excluding steroid dienone is 1. The summed E-state index contributed by atoms with van der Waals surface area (Å²) in [7, 11) is 0. The molecule has 0 bridgehead atoms. The maximum Gasteiger partial charge on any atom is 0.160 e. The molecule has 0 aliphatic heterocycles. The fourth-order valence-electron chi connectivity index (χ4n) is 9.24. The summed E-state index contributed by atoms with van der Waals surface area (Å²) in [5, 5.41) is 5.34. The van der Waals surface area contributed by atoms with Crippen molar-refractivity contribution in [2.75, 3.05) is 0 Å². The topological polar surface area (TPSA) is 30.7 Å². The highest BCUT2D eigenvalue weighted by Gasteiger charge is 2.38. The van der Waals surface area contributed by atoms with E-state index in [9.17, 15) is 0 Å². The van der Waals surface area contributed by atoms with Crippen molar-refractivity contribution in [3.8, 4) is 50.7 Å². The van der Waals surface area contributed by atoms with Crippen molar-refractivity contribution < 1.29 is 0 Å². The largest absolute Gasteiger partial charge is 0.309 e. The van der Waals surface area contributed by atoms with E-state index in [0.717, 1.165) is 46.0 Å². The van der Waals surface area contributed by atoms with Crippen molar-refractivity contribution >= 4 is 38.7 Å². The molecule has 3 heteroatoms. The van der Waals surface area contributed by atoms with Crippen molar-refractivity contribution in [2.24, 2.45) is 0 Å². The summed E-state index contributed by atoms with van der Waals surface area (Å²) in [4.78, 5) is 10.2. The van der Waals surface area contributed by atoms with Gasteiger partial charge in [-0.3, -0.25) is 0 Å². The molecule has 3 nitrogen and oxygen atoms in total. The number of nitrogens with zero attached hydrogens (tertiary/aromatic N) is 3. The Bertz CT molecular complexity index is 2930. The second-order valence-electron chi connectivity index (χ2n) is 14.9. The van der Waals surface area contributed by atoms with Crippen LogP contribution in [0.2, 0.25) is 0 Å². The summed E-state index contributed by atoms with van der Waals surface area (Å²) in [6.07, 6.45) is 5.58. The number of aromatic nitrogens is 3. The number of hydrogen-bond acceptors (Lipinski definition) is 2. The molecular formula is C50H35N3. The molecule has 0 saturated carbocycles. The number of fused-ring (bicyclic) bond motifs is 8. The monoisotopic (exact) mass is 677 g/mol. The smallest absolute Gasteiger partial charge is 0.160 e. The Morgan fingerprint density at radius 3 is 2.09 bits per heavy atom. The van der Waals surface area contributed by atoms with Crippen molar-refractivity contribution in [1.82, 2.24) is 14.5 Å². The third-order valence-electron chi connectivity index (χ3n) is 11.5. The highest BCUT2D eigenvalue weighted by molar-refractivity contribution is 6.19. The van der Waals surface area contributed by atoms with Gasteiger partial charge in [-0.25, -0.2) is 9.97 Å². The summed E-state index contributed by atoms with van der Waals surface area (Å²) < 4.78 is 2.50. The summed E-state index contributed by atoms with van der Waals surface area (Å²) >= 11 is 0. The Kier molecular flexibility index (Phi) is 6.36. The van der Waals surface area contributed by atoms with Crippen LogP contribution in [0, 0.1) is 0 Å². The first-order valence-corrected chi connectivity index (χ1v) is 18.5. The van der Waals surface area contributed by atoms with Gasteiger partial charge in [0.1, 0.15) is 0 Å². The Morgan fingerprint density at radius 1 is 0.566 bits per heavy atom. The molecule has 2 aliphatic rings. The Morgan fingerprint density at radius 2 is 1.26 bits per heavy atom. The number of benzene rings is 7. The average Bonchev–Trinajstić information content (AvgIpc) is 3.67. The lowest BCUT2D eigenvalue weighted by Crippen LogP contribution is -2.16. The second kappa shape index (κ2) is 11.2. The molecule has 2 aliphatic carbocycles. The van der Waals surface area contributed by atoms with E-state index in [0.29, 0.717) is 0 Å². The predicted molar refractivity (Wildman–Crippen MR) is 220 cm³/mol. The Balaban J connectivity index is 1.17. The first-order chi connectivity index (χ1) is 26.0. The molecule has 250 valence electrons. The number of rotatable bonds is 4. The molecule has 2 aromatic heterocycles. The SMILES string of the molecule is CC1(C)c2ccccc2-c2cc3c4c(c5c(cc4c21)c1ccccc1n5-c1cccc(-c2cc(-c4ccccc4)nc(-c4ccccc4)n2)c1)CC=C3. The molecule has 0 fully saturated rings. The summed E-state index contributed by atoms with van der Waals surface area (Å²) in [5.41, 5.74) is 16.7. The van der Waals surface area contributed by atoms with Crippen LogP contribution >= 0.6 is 0 Å². The lowest BCUT2D eigenvalue weighted by atomic mass is 9.78. The molecule has 0 N–H and O–H groups in total. The van der Waals surface area contributed by atoms with Crippen LogP contribution < -0.4 is 0 Å². The van der Waals surface area contributed by atoms with Gasteiger partial charge in [0.15, 0.2) is 5.82 Å². The standard InChI is InChI=1S/C50H35N3/c1-50(2)42-25-11-9-22-36(42)39-28-34-20-14-24-38-46(34)41(47(39)50)29-40-37-23-10-12-26-45(37)53(48(38)40)35-21-13-19-33(27-35)44-30-43(31-15-5-3-6-16-31)51-49(52-44)32-17-7-4-8-18-32/h3-23,25-30H,24H2,1-2H3. The van der Waals surface area contributed by atoms with E-state index >= 15 is 0 Å². The van der Waals surface area contributed by atoms with Crippen LogP contribution in [0.4, 0.5) is 0 Å². The zero-order valence-corrected chi connectivity index (χ0v) is 29.6. The maximum atomic E-state index is 5.18. The van der Waals surface area contributed by atoms with Gasteiger partial charge in [0.05, 0.1) is 22.4 Å². The van der Waals surface area contributed by atoms with Gasteiger partial charge >= 0.3 is 0 Å². The fraction of sp³-hybridized carbons (Fsp3) is 0.0800. The maximum absolute atomic E-state index is 5.18. The molecule has 0 unspecified atom stereocenters. The van der Waals surface area contributed by atoms with Crippen LogP contribution in [0.25, 0.3) is 89.4 Å². The van der Waals surface area contributed by atoms with Gasteiger partial charge in [0.2, 0.25) is 0 Å². The van der Waals surface area contributed by atoms with E-state index in [-0.39, 0.29) is 5.41 Å². The minimum absolute atomic E-state index is 0.0992. The summed E-state index contributed by atoms with van der Waals surface area (Å²) in [6.45, 7) is 4.80. The number of para-hydroxylation sites is 1. The highest BCUT2D eigenvalue weighted by Crippen LogP contribution is 2.54. The van der Waals surface area contributed by atoms with Gasteiger partial charge in [0.25, 0.3) is 0 Å². The van der Waals surface area contributed by atoms with Crippen LogP contribution in [0.5, 0.6) is 0 Å². The van der Waals surface area contributed by atoms with Gasteiger partial charge in [0, 0.05) is 38.6 Å². The average molecular weight is 678 g/mol. The second-order valence-corrected chi connectivity index (χ2v) is 14.9. The van der Waals surface area contributed by atoms with Crippen LogP contribution in [0.1, 0.15) is 36.1 Å². The normalized spacial score (nSPS) is 13.8. The van der Waals surface area contributed by atoms with Crippen LogP contribution in [-0.2, 0) is 11.8 Å². The highest BCUT2D eigenvalue weighted by atomic mass is 15.0. The van der Waals surface area contributed by atoms with Crippen LogP contribution in [-0.4, -0.2) is 14.5 Å². The van der Waals surface area contributed by atoms with E-state index in [4.69, 9.17) is 9.97 Å². The van der Waals surface area contributed by atoms with E-state index < -0.39 is 0 Å². The third-order valence-corrected chi connectivity index (χ3v) is 11.5. The van der Waals surface area contributed by atoms with E-state index in [1.807, 2.05) is 24.3 Å². The van der Waals surface area contributed by atoms with E-state index in [1.54, 1.807) is 0 Å². The lowest BCUT2D eigenvalue weighted by Gasteiger charge is -2.26. The minimum Gasteiger partial charge on any atom is -0.309 e. The third kappa shape index (κ3) is 4.41. The van der Waals surface area contributed by atoms with E-state index in [1.165, 1.54) is 66.0 Å². The summed E-state index contributed by atoms with van der Waals surface area (Å²) in [5.74, 6) is 0.719. The molecular weight excluding hydrogens is 643 g/mol. The lowest BCUT2D eigenvalue weighted by molar-refractivity contribution is 0.666. The first kappa shape index (κ1) is 30.1. The molecule has 7 aromatic carbocycles. The van der Waals surface area contributed by atoms with Crippen LogP contribution in [0.15, 0.2) is 158 Å². The Hall–Kier alpha value is -6.58. The van der Waals surface area contributed by atoms with Gasteiger partial charge in [-0.1, -0.05) is 141 Å².